The van der Waals surface area contributed by atoms with Gasteiger partial charge in [-0.15, -0.1) is 0 Å². The van der Waals surface area contributed by atoms with Gasteiger partial charge in [0.15, 0.2) is 0 Å². The van der Waals surface area contributed by atoms with Crippen LogP contribution in [0, 0.1) is 15.9 Å². The Labute approximate surface area is 138 Å². The van der Waals surface area contributed by atoms with Crippen molar-refractivity contribution in [2.45, 2.75) is 23.2 Å². The van der Waals surface area contributed by atoms with E-state index in [-0.39, 0.29) is 28.4 Å². The third-order valence-electron chi connectivity index (χ3n) is 4.27. The predicted molar refractivity (Wildman–Crippen MR) is 85.6 cm³/mol. The number of nitro benzene ring substituents is 1. The highest BCUT2D eigenvalue weighted by Crippen LogP contribution is 2.47. The first-order chi connectivity index (χ1) is 11.3. The highest BCUT2D eigenvalue weighted by Gasteiger charge is 2.44. The minimum Gasteiger partial charge on any atom is -0.258 e. The maximum absolute atomic E-state index is 13.0. The Balaban J connectivity index is 1.73. The number of halogens is 1. The zero-order valence-electron chi connectivity index (χ0n) is 12.6. The topological polar surface area (TPSA) is 89.3 Å². The monoisotopic (exact) mass is 350 g/mol. The first-order valence-corrected chi connectivity index (χ1v) is 8.81. The Morgan fingerprint density at radius 2 is 1.67 bits per heavy atom. The van der Waals surface area contributed by atoms with Crippen LogP contribution in [0.5, 0.6) is 0 Å². The van der Waals surface area contributed by atoms with Gasteiger partial charge in [-0.3, -0.25) is 10.1 Å². The second-order valence-corrected chi connectivity index (χ2v) is 7.63. The van der Waals surface area contributed by atoms with Gasteiger partial charge in [-0.2, -0.15) is 0 Å². The molecule has 0 radical (unpaired) electrons. The van der Waals surface area contributed by atoms with Gasteiger partial charge in [0, 0.05) is 24.1 Å². The summed E-state index contributed by atoms with van der Waals surface area (Å²) in [4.78, 5) is 10.0. The van der Waals surface area contributed by atoms with E-state index in [0.29, 0.717) is 0 Å². The average molecular weight is 350 g/mol. The van der Waals surface area contributed by atoms with Crippen molar-refractivity contribution in [1.82, 2.24) is 4.72 Å². The van der Waals surface area contributed by atoms with Crippen molar-refractivity contribution in [3.05, 3.63) is 70.0 Å². The number of hydrogen-bond acceptors (Lipinski definition) is 4. The summed E-state index contributed by atoms with van der Waals surface area (Å²) < 4.78 is 40.2. The van der Waals surface area contributed by atoms with E-state index >= 15 is 0 Å². The molecule has 2 aromatic rings. The minimum atomic E-state index is -3.76. The van der Waals surface area contributed by atoms with E-state index in [0.717, 1.165) is 30.5 Å². The third-order valence-corrected chi connectivity index (χ3v) is 5.69. The average Bonchev–Trinajstić information content (AvgIpc) is 3.35. The largest absolute Gasteiger partial charge is 0.269 e. The summed E-state index contributed by atoms with van der Waals surface area (Å²) >= 11 is 0. The Hall–Kier alpha value is -2.32. The second kappa shape index (κ2) is 5.95. The molecule has 0 heterocycles. The number of sulfonamides is 1. The van der Waals surface area contributed by atoms with Crippen molar-refractivity contribution in [2.24, 2.45) is 0 Å². The summed E-state index contributed by atoms with van der Waals surface area (Å²) in [7, 11) is -3.76. The molecule has 0 bridgehead atoms. The molecule has 3 rings (SSSR count). The van der Waals surface area contributed by atoms with Crippen LogP contribution in [0.3, 0.4) is 0 Å². The van der Waals surface area contributed by atoms with Crippen molar-refractivity contribution in [3.8, 4) is 0 Å². The SMILES string of the molecule is O=[N+]([O-])c1ccc(S(=O)(=O)NCC2(c3ccc(F)cc3)CC2)cc1. The van der Waals surface area contributed by atoms with Gasteiger partial charge in [0.25, 0.3) is 5.69 Å². The fraction of sp³-hybridized carbons (Fsp3) is 0.250. The normalized spacial score (nSPS) is 15.9. The first-order valence-electron chi connectivity index (χ1n) is 7.33. The van der Waals surface area contributed by atoms with Crippen LogP contribution in [0.25, 0.3) is 0 Å². The van der Waals surface area contributed by atoms with Gasteiger partial charge in [0.2, 0.25) is 10.0 Å². The molecule has 0 unspecified atom stereocenters. The van der Waals surface area contributed by atoms with Gasteiger partial charge in [-0.25, -0.2) is 17.5 Å². The van der Waals surface area contributed by atoms with Crippen molar-refractivity contribution < 1.29 is 17.7 Å². The molecule has 0 spiro atoms. The van der Waals surface area contributed by atoms with E-state index in [9.17, 15) is 22.9 Å². The van der Waals surface area contributed by atoms with Crippen LogP contribution in [0.4, 0.5) is 10.1 Å². The molecule has 1 aliphatic carbocycles. The fourth-order valence-corrected chi connectivity index (χ4v) is 3.71. The third kappa shape index (κ3) is 3.29. The predicted octanol–water partition coefficient (Wildman–Crippen LogP) is 2.74. The molecule has 126 valence electrons. The Morgan fingerprint density at radius 3 is 2.17 bits per heavy atom. The minimum absolute atomic E-state index is 0.0250. The highest BCUT2D eigenvalue weighted by molar-refractivity contribution is 7.89. The molecule has 6 nitrogen and oxygen atoms in total. The lowest BCUT2D eigenvalue weighted by atomic mass is 9.96. The smallest absolute Gasteiger partial charge is 0.258 e. The zero-order valence-corrected chi connectivity index (χ0v) is 13.4. The van der Waals surface area contributed by atoms with Gasteiger partial charge < -0.3 is 0 Å². The highest BCUT2D eigenvalue weighted by atomic mass is 32.2. The van der Waals surface area contributed by atoms with Gasteiger partial charge in [-0.05, 0) is 42.7 Å². The summed E-state index contributed by atoms with van der Waals surface area (Å²) in [6, 6.07) is 10.8. The fourth-order valence-electron chi connectivity index (χ4n) is 2.59. The van der Waals surface area contributed by atoms with Crippen LogP contribution >= 0.6 is 0 Å². The van der Waals surface area contributed by atoms with E-state index in [1.165, 1.54) is 24.3 Å². The lowest BCUT2D eigenvalue weighted by Crippen LogP contribution is -2.32. The standard InChI is InChI=1S/C16H15FN2O4S/c17-13-3-1-12(2-4-13)16(9-10-16)11-18-24(22,23)15-7-5-14(6-8-15)19(20)21/h1-8,18H,9-11H2. The zero-order chi connectivity index (χ0) is 17.4. The van der Waals surface area contributed by atoms with Gasteiger partial charge in [0.05, 0.1) is 9.82 Å². The summed E-state index contributed by atoms with van der Waals surface area (Å²) in [6.07, 6.45) is 1.64. The Morgan fingerprint density at radius 1 is 1.08 bits per heavy atom. The van der Waals surface area contributed by atoms with Crippen LogP contribution < -0.4 is 4.72 Å². The van der Waals surface area contributed by atoms with E-state index < -0.39 is 14.9 Å². The Kier molecular flexibility index (Phi) is 4.10. The van der Waals surface area contributed by atoms with Crippen LogP contribution in [0.15, 0.2) is 53.4 Å². The molecule has 0 atom stereocenters. The molecule has 8 heteroatoms. The number of non-ortho nitro benzene ring substituents is 1. The molecular weight excluding hydrogens is 335 g/mol. The van der Waals surface area contributed by atoms with Crippen molar-refractivity contribution in [1.29, 1.82) is 0 Å². The summed E-state index contributed by atoms with van der Waals surface area (Å²) in [5, 5.41) is 10.6. The van der Waals surface area contributed by atoms with Gasteiger partial charge in [-0.1, -0.05) is 12.1 Å². The van der Waals surface area contributed by atoms with Crippen molar-refractivity contribution in [2.75, 3.05) is 6.54 Å². The number of rotatable bonds is 6. The molecule has 1 saturated carbocycles. The second-order valence-electron chi connectivity index (χ2n) is 5.86. The van der Waals surface area contributed by atoms with E-state index in [1.807, 2.05) is 0 Å². The maximum atomic E-state index is 13.0. The van der Waals surface area contributed by atoms with Crippen LogP contribution in [-0.4, -0.2) is 19.9 Å². The number of nitro groups is 1. The van der Waals surface area contributed by atoms with Gasteiger partial charge >= 0.3 is 0 Å². The van der Waals surface area contributed by atoms with Gasteiger partial charge in [0.1, 0.15) is 5.82 Å². The van der Waals surface area contributed by atoms with E-state index in [1.54, 1.807) is 12.1 Å². The summed E-state index contributed by atoms with van der Waals surface area (Å²) in [6.45, 7) is 0.206. The quantitative estimate of drug-likeness (QED) is 0.641. The maximum Gasteiger partial charge on any atom is 0.269 e. The lowest BCUT2D eigenvalue weighted by Gasteiger charge is -2.16. The summed E-state index contributed by atoms with van der Waals surface area (Å²) in [5.74, 6) is -0.332. The molecule has 1 aliphatic rings. The van der Waals surface area contributed by atoms with E-state index in [2.05, 4.69) is 4.72 Å². The van der Waals surface area contributed by atoms with Crippen molar-refractivity contribution >= 4 is 15.7 Å². The number of nitrogens with zero attached hydrogens (tertiary/aromatic N) is 1. The molecule has 1 N–H and O–H groups in total. The summed E-state index contributed by atoms with van der Waals surface area (Å²) in [5.41, 5.74) is 0.427. The molecule has 2 aromatic carbocycles. The number of hydrogen-bond donors (Lipinski definition) is 1. The number of benzene rings is 2. The molecule has 0 saturated heterocycles. The van der Waals surface area contributed by atoms with Crippen LogP contribution in [-0.2, 0) is 15.4 Å². The Bertz CT molecular complexity index is 860. The molecular formula is C16H15FN2O4S. The molecule has 0 aromatic heterocycles. The molecule has 0 aliphatic heterocycles. The van der Waals surface area contributed by atoms with E-state index in [4.69, 9.17) is 0 Å². The van der Waals surface area contributed by atoms with Crippen molar-refractivity contribution in [3.63, 3.8) is 0 Å². The lowest BCUT2D eigenvalue weighted by molar-refractivity contribution is -0.384. The van der Waals surface area contributed by atoms with Crippen LogP contribution in [0.1, 0.15) is 18.4 Å². The first kappa shape index (κ1) is 16.5. The molecule has 1 fully saturated rings. The number of nitrogens with one attached hydrogen (secondary N) is 1. The van der Waals surface area contributed by atoms with Crippen LogP contribution in [0.2, 0.25) is 0 Å². The molecule has 24 heavy (non-hydrogen) atoms. The molecule has 0 amide bonds.